The number of amides is 2. The van der Waals surface area contributed by atoms with Crippen molar-refractivity contribution in [3.05, 3.63) is 66.8 Å². The van der Waals surface area contributed by atoms with Crippen LogP contribution in [0.5, 0.6) is 0 Å². The van der Waals surface area contributed by atoms with Gasteiger partial charge in [0.15, 0.2) is 0 Å². The second kappa shape index (κ2) is 6.68. The van der Waals surface area contributed by atoms with Gasteiger partial charge in [-0.15, -0.1) is 23.1 Å². The van der Waals surface area contributed by atoms with Crippen LogP contribution in [0, 0.1) is 36.5 Å². The normalized spacial score (nSPS) is 34.7. The first kappa shape index (κ1) is 19.3. The Bertz CT molecular complexity index is 1310. The zero-order valence-corrected chi connectivity index (χ0v) is 19.6. The number of hydrogen-bond acceptors (Lipinski definition) is 6. The second-order valence-corrected chi connectivity index (χ2v) is 12.5. The van der Waals surface area contributed by atoms with Gasteiger partial charge in [-0.05, 0) is 54.7 Å². The molecule has 2 bridgehead atoms. The van der Waals surface area contributed by atoms with E-state index in [4.69, 9.17) is 0 Å². The van der Waals surface area contributed by atoms with Gasteiger partial charge < -0.3 is 4.98 Å². The summed E-state index contributed by atoms with van der Waals surface area (Å²) >= 11 is 4.77. The van der Waals surface area contributed by atoms with Crippen LogP contribution in [0.2, 0.25) is 0 Å². The second-order valence-electron chi connectivity index (χ2n) is 9.32. The summed E-state index contributed by atoms with van der Waals surface area (Å²) in [6.07, 6.45) is 0.929. The lowest BCUT2D eigenvalue weighted by molar-refractivity contribution is -0.123. The number of fused-ring (bicyclic) bond motifs is 9. The van der Waals surface area contributed by atoms with Gasteiger partial charge in [0.05, 0.1) is 22.5 Å². The van der Waals surface area contributed by atoms with Crippen molar-refractivity contribution in [1.29, 1.82) is 0 Å². The number of anilines is 1. The van der Waals surface area contributed by atoms with Gasteiger partial charge >= 0.3 is 4.87 Å². The van der Waals surface area contributed by atoms with E-state index in [1.165, 1.54) is 21.1 Å². The third-order valence-electron chi connectivity index (χ3n) is 7.87. The van der Waals surface area contributed by atoms with Gasteiger partial charge in [0.1, 0.15) is 0 Å². The molecule has 2 amide bonds. The van der Waals surface area contributed by atoms with Crippen molar-refractivity contribution in [3.63, 3.8) is 0 Å². The van der Waals surface area contributed by atoms with Crippen LogP contribution in [0.4, 0.5) is 5.69 Å². The molecule has 0 spiro atoms. The minimum Gasteiger partial charge on any atom is -0.307 e. The minimum atomic E-state index is -0.240. The number of thioether (sulfide) groups is 1. The van der Waals surface area contributed by atoms with Gasteiger partial charge in [0.2, 0.25) is 11.8 Å². The van der Waals surface area contributed by atoms with E-state index >= 15 is 0 Å². The molecule has 0 radical (unpaired) electrons. The van der Waals surface area contributed by atoms with E-state index in [-0.39, 0.29) is 57.4 Å². The number of imide groups is 1. The quantitative estimate of drug-likeness (QED) is 0.549. The Hall–Kier alpha value is -2.16. The molecular weight excluding hydrogens is 460 g/mol. The molecule has 3 fully saturated rings. The molecular formula is C24H20N2O3S3. The lowest BCUT2D eigenvalue weighted by Crippen LogP contribution is -2.42. The molecule has 4 heterocycles. The van der Waals surface area contributed by atoms with E-state index < -0.39 is 0 Å². The molecule has 5 nitrogen and oxygen atoms in total. The Labute approximate surface area is 196 Å². The van der Waals surface area contributed by atoms with Gasteiger partial charge in [-0.3, -0.25) is 19.3 Å². The Kier molecular flexibility index (Phi) is 4.03. The van der Waals surface area contributed by atoms with Gasteiger partial charge in [0, 0.05) is 20.9 Å². The Morgan fingerprint density at radius 1 is 1.00 bits per heavy atom. The van der Waals surface area contributed by atoms with Crippen molar-refractivity contribution < 1.29 is 9.59 Å². The first-order valence-electron chi connectivity index (χ1n) is 10.9. The number of thiazole rings is 1. The maximum atomic E-state index is 13.6. The van der Waals surface area contributed by atoms with Gasteiger partial charge in [-0.1, -0.05) is 35.1 Å². The molecule has 4 aliphatic rings. The average molecular weight is 481 g/mol. The first-order valence-corrected chi connectivity index (χ1v) is 13.5. The molecule has 7 atom stereocenters. The molecule has 7 rings (SSSR count). The molecule has 0 unspecified atom stereocenters. The summed E-state index contributed by atoms with van der Waals surface area (Å²) in [5.74, 6) is 0.211. The number of thiophene rings is 1. The highest BCUT2D eigenvalue weighted by Gasteiger charge is 2.69. The van der Waals surface area contributed by atoms with E-state index in [2.05, 4.69) is 22.5 Å². The topological polar surface area (TPSA) is 70.2 Å². The van der Waals surface area contributed by atoms with E-state index in [1.54, 1.807) is 23.1 Å². The van der Waals surface area contributed by atoms with Crippen LogP contribution in [0.3, 0.4) is 0 Å². The van der Waals surface area contributed by atoms with Crippen molar-refractivity contribution in [2.45, 2.75) is 29.5 Å². The molecule has 1 saturated heterocycles. The molecule has 2 aliphatic heterocycles. The number of aromatic nitrogens is 1. The molecule has 2 saturated carbocycles. The number of nitrogens with zero attached hydrogens (tertiary/aromatic N) is 1. The molecule has 2 aromatic heterocycles. The number of aromatic amines is 1. The molecule has 1 aromatic carbocycles. The van der Waals surface area contributed by atoms with Crippen LogP contribution in [-0.2, 0) is 9.59 Å². The van der Waals surface area contributed by atoms with Crippen LogP contribution in [0.25, 0.3) is 0 Å². The Morgan fingerprint density at radius 2 is 1.75 bits per heavy atom. The fraction of sp³-hybridized carbons (Fsp3) is 0.375. The number of carbonyl (C=O) groups is 2. The van der Waals surface area contributed by atoms with Crippen molar-refractivity contribution in [1.82, 2.24) is 4.98 Å². The average Bonchev–Trinajstić information content (AvgIpc) is 3.57. The maximum Gasteiger partial charge on any atom is 0.305 e. The highest BCUT2D eigenvalue weighted by atomic mass is 32.2. The largest absolute Gasteiger partial charge is 0.307 e. The highest BCUT2D eigenvalue weighted by molar-refractivity contribution is 8.00. The van der Waals surface area contributed by atoms with Gasteiger partial charge in [0.25, 0.3) is 0 Å². The van der Waals surface area contributed by atoms with Crippen LogP contribution >= 0.6 is 34.4 Å². The zero-order chi connectivity index (χ0) is 21.7. The van der Waals surface area contributed by atoms with Gasteiger partial charge in [-0.25, -0.2) is 0 Å². The number of carbonyl (C=O) groups excluding carboxylic acids is 2. The van der Waals surface area contributed by atoms with Crippen LogP contribution in [0.15, 0.2) is 51.6 Å². The SMILES string of the molecule is Cc1ccc(N2C(=O)[C@H]3[C@H]4C[C@@H]([C@@H]3C2=O)[C@H]2[C@@H](c3cccs3)c3sc(=O)[nH]c3S[C@H]42)cc1. The monoisotopic (exact) mass is 480 g/mol. The zero-order valence-electron chi connectivity index (χ0n) is 17.2. The number of hydrogen-bond donors (Lipinski definition) is 1. The van der Waals surface area contributed by atoms with Crippen LogP contribution in [0.1, 0.15) is 27.7 Å². The van der Waals surface area contributed by atoms with Crippen molar-refractivity contribution >= 4 is 51.9 Å². The summed E-state index contributed by atoms with van der Waals surface area (Å²) in [6.45, 7) is 2.00. The summed E-state index contributed by atoms with van der Waals surface area (Å²) in [5, 5.41) is 3.30. The molecule has 8 heteroatoms. The molecule has 2 aliphatic carbocycles. The van der Waals surface area contributed by atoms with E-state index in [1.807, 2.05) is 31.2 Å². The number of rotatable bonds is 2. The summed E-state index contributed by atoms with van der Waals surface area (Å²) < 4.78 is 0. The van der Waals surface area contributed by atoms with E-state index in [9.17, 15) is 14.4 Å². The van der Waals surface area contributed by atoms with E-state index in [0.29, 0.717) is 5.69 Å². The van der Waals surface area contributed by atoms with Crippen molar-refractivity contribution in [2.75, 3.05) is 4.90 Å². The minimum absolute atomic E-state index is 0.0192. The van der Waals surface area contributed by atoms with Crippen molar-refractivity contribution in [2.24, 2.45) is 29.6 Å². The number of benzene rings is 1. The third kappa shape index (κ3) is 2.43. The number of aryl methyl sites for hydroxylation is 1. The lowest BCUT2D eigenvalue weighted by atomic mass is 9.69. The predicted molar refractivity (Wildman–Crippen MR) is 126 cm³/mol. The summed E-state index contributed by atoms with van der Waals surface area (Å²) in [4.78, 5) is 46.3. The predicted octanol–water partition coefficient (Wildman–Crippen LogP) is 4.48. The molecule has 162 valence electrons. The number of nitrogens with one attached hydrogen (secondary N) is 1. The maximum absolute atomic E-state index is 13.6. The fourth-order valence-electron chi connectivity index (χ4n) is 6.75. The summed E-state index contributed by atoms with van der Waals surface area (Å²) in [5.41, 5.74) is 1.79. The van der Waals surface area contributed by atoms with Gasteiger partial charge in [-0.2, -0.15) is 0 Å². The molecule has 32 heavy (non-hydrogen) atoms. The Balaban J connectivity index is 1.32. The van der Waals surface area contributed by atoms with E-state index in [0.717, 1.165) is 21.9 Å². The standard InChI is InChI=1S/C24H20N2O3S3/c1-10-4-6-11(7-5-10)26-22(27)16-12-9-13(17(16)23(26)28)19-15(12)18(14-3-2-8-30-14)20-21(31-19)25-24(29)32-20/h2-8,12-13,15-19H,9H2,1H3,(H,25,29)/t12-,13-,15+,16+,17+,18-,19-/m1/s1. The fourth-order valence-corrected chi connectivity index (χ4v) is 10.6. The molecule has 3 aromatic rings. The number of H-pyrrole nitrogens is 1. The highest BCUT2D eigenvalue weighted by Crippen LogP contribution is 2.68. The molecule has 1 N–H and O–H groups in total. The summed E-state index contributed by atoms with van der Waals surface area (Å²) in [7, 11) is 0. The summed E-state index contributed by atoms with van der Waals surface area (Å²) in [6, 6.07) is 11.9. The smallest absolute Gasteiger partial charge is 0.305 e. The Morgan fingerprint density at radius 3 is 2.47 bits per heavy atom. The third-order valence-corrected chi connectivity index (χ3v) is 11.4. The first-order chi connectivity index (χ1) is 15.5. The van der Waals surface area contributed by atoms with Crippen LogP contribution < -0.4 is 9.77 Å². The van der Waals surface area contributed by atoms with Crippen molar-refractivity contribution in [3.8, 4) is 0 Å². The lowest BCUT2D eigenvalue weighted by Gasteiger charge is -2.42. The van der Waals surface area contributed by atoms with Crippen LogP contribution in [-0.4, -0.2) is 22.0 Å².